The highest BCUT2D eigenvalue weighted by Crippen LogP contribution is 2.76. The summed E-state index contributed by atoms with van der Waals surface area (Å²) in [6.45, 7) is 18.9. The Bertz CT molecular complexity index is 845. The quantitative estimate of drug-likeness (QED) is 0.442. The molecule has 2 N–H and O–H groups in total. The molecule has 188 valence electrons. The molecule has 5 fully saturated rings. The third-order valence-corrected chi connectivity index (χ3v) is 13.5. The maximum Gasteiger partial charge on any atom is 0.137 e. The van der Waals surface area contributed by atoms with Gasteiger partial charge in [0.15, 0.2) is 0 Å². The van der Waals surface area contributed by atoms with Crippen LogP contribution >= 0.6 is 0 Å². The van der Waals surface area contributed by atoms with E-state index in [0.29, 0.717) is 24.0 Å². The third-order valence-electron chi connectivity index (χ3n) is 13.5. The van der Waals surface area contributed by atoms with Gasteiger partial charge >= 0.3 is 0 Å². The molecule has 5 aliphatic carbocycles. The third kappa shape index (κ3) is 2.90. The fourth-order valence-electron chi connectivity index (χ4n) is 11.1. The van der Waals surface area contributed by atoms with Crippen molar-refractivity contribution in [1.29, 1.82) is 0 Å². The maximum atomic E-state index is 14.3. The normalized spacial score (nSPS) is 57.3. The summed E-state index contributed by atoms with van der Waals surface area (Å²) in [5.74, 6) is 1.73. The number of carbonyl (C=O) groups excluding carboxylic acids is 1. The molecule has 33 heavy (non-hydrogen) atoms. The molecule has 0 aromatic carbocycles. The molecule has 3 heteroatoms. The first kappa shape index (κ1) is 24.3. The van der Waals surface area contributed by atoms with Crippen molar-refractivity contribution in [2.75, 3.05) is 0 Å². The second-order valence-electron chi connectivity index (χ2n) is 15.7. The lowest BCUT2D eigenvalue weighted by atomic mass is 9.31. The highest BCUT2D eigenvalue weighted by Gasteiger charge is 2.72. The molecule has 5 aliphatic rings. The van der Waals surface area contributed by atoms with Gasteiger partial charge in [-0.15, -0.1) is 0 Å². The Morgan fingerprint density at radius 1 is 0.697 bits per heavy atom. The van der Waals surface area contributed by atoms with Crippen LogP contribution in [0.3, 0.4) is 0 Å². The van der Waals surface area contributed by atoms with Crippen molar-refractivity contribution in [3.63, 3.8) is 0 Å². The van der Waals surface area contributed by atoms with Gasteiger partial charge in [0.25, 0.3) is 0 Å². The van der Waals surface area contributed by atoms with Crippen molar-refractivity contribution in [3.8, 4) is 0 Å². The molecule has 0 amide bonds. The van der Waals surface area contributed by atoms with Gasteiger partial charge < -0.3 is 10.2 Å². The Hall–Kier alpha value is -0.410. The SMILES string of the molecule is CC1(C)CC(O)[C@]2(C)CC[C@]3(C)C(C(=O)C[C@@H]4[C@@]5(C)CCC(O)C(C)(C)C5CC[C@]43C)[C@H]2C1. The number of hydrogen-bond acceptors (Lipinski definition) is 3. The molecule has 0 aromatic heterocycles. The van der Waals surface area contributed by atoms with Crippen LogP contribution in [-0.2, 0) is 4.79 Å². The number of aliphatic hydroxyl groups excluding tert-OH is 2. The summed E-state index contributed by atoms with van der Waals surface area (Å²) in [7, 11) is 0. The molecule has 0 spiro atoms. The standard InChI is InChI=1S/C30H50O3/c1-25(2)16-18-24-19(31)15-21-28(6)11-10-22(32)26(3,4)20(28)9-12-29(21,7)30(24,8)14-13-27(18,5)23(33)17-25/h18,20-24,32-33H,9-17H2,1-8H3/t18-,20?,21-,22?,23?,24?,27-,28+,29-,30-/m1/s1. The lowest BCUT2D eigenvalue weighted by molar-refractivity contribution is -0.252. The summed E-state index contributed by atoms with van der Waals surface area (Å²) in [5, 5.41) is 22.2. The van der Waals surface area contributed by atoms with Crippen LogP contribution in [0.15, 0.2) is 0 Å². The Balaban J connectivity index is 1.58. The predicted molar refractivity (Wildman–Crippen MR) is 133 cm³/mol. The van der Waals surface area contributed by atoms with Crippen LogP contribution in [0.5, 0.6) is 0 Å². The van der Waals surface area contributed by atoms with Gasteiger partial charge in [0.2, 0.25) is 0 Å². The number of rotatable bonds is 0. The predicted octanol–water partition coefficient (Wildman–Crippen LogP) is 6.40. The van der Waals surface area contributed by atoms with E-state index < -0.39 is 0 Å². The number of fused-ring (bicyclic) bond motifs is 7. The average Bonchev–Trinajstić information content (AvgIpc) is 2.69. The van der Waals surface area contributed by atoms with Crippen LogP contribution in [0.1, 0.15) is 113 Å². The van der Waals surface area contributed by atoms with Gasteiger partial charge in [0.05, 0.1) is 12.2 Å². The van der Waals surface area contributed by atoms with Gasteiger partial charge in [-0.2, -0.15) is 0 Å². The van der Waals surface area contributed by atoms with Crippen LogP contribution in [0.4, 0.5) is 0 Å². The maximum absolute atomic E-state index is 14.3. The molecule has 3 nitrogen and oxygen atoms in total. The van der Waals surface area contributed by atoms with E-state index in [1.54, 1.807) is 0 Å². The lowest BCUT2D eigenvalue weighted by Crippen LogP contribution is -2.70. The van der Waals surface area contributed by atoms with Crippen LogP contribution in [0, 0.1) is 56.2 Å². The lowest BCUT2D eigenvalue weighted by Gasteiger charge is -2.73. The summed E-state index contributed by atoms with van der Waals surface area (Å²) in [6.07, 6.45) is 8.44. The Morgan fingerprint density at radius 3 is 2.03 bits per heavy atom. The summed E-state index contributed by atoms with van der Waals surface area (Å²) in [4.78, 5) is 14.3. The summed E-state index contributed by atoms with van der Waals surface area (Å²) in [5.41, 5.74) is 0.133. The number of Topliss-reactive ketones (excluding diaryl/α,β-unsaturated/α-hetero) is 1. The number of hydrogen-bond donors (Lipinski definition) is 2. The van der Waals surface area contributed by atoms with Gasteiger partial charge in [-0.1, -0.05) is 55.4 Å². The van der Waals surface area contributed by atoms with Gasteiger partial charge in [-0.25, -0.2) is 0 Å². The summed E-state index contributed by atoms with van der Waals surface area (Å²) in [6, 6.07) is 0. The first-order valence-corrected chi connectivity index (χ1v) is 13.9. The minimum atomic E-state index is -0.303. The van der Waals surface area contributed by atoms with Gasteiger partial charge in [-0.05, 0) is 102 Å². The second-order valence-corrected chi connectivity index (χ2v) is 15.7. The van der Waals surface area contributed by atoms with E-state index in [-0.39, 0.29) is 56.5 Å². The molecule has 0 aromatic rings. The molecule has 4 unspecified atom stereocenters. The van der Waals surface area contributed by atoms with Crippen LogP contribution in [0.2, 0.25) is 0 Å². The molecule has 5 saturated carbocycles. The topological polar surface area (TPSA) is 57.5 Å². The monoisotopic (exact) mass is 458 g/mol. The van der Waals surface area contributed by atoms with E-state index in [1.807, 2.05) is 0 Å². The van der Waals surface area contributed by atoms with Gasteiger partial charge in [0, 0.05) is 12.3 Å². The van der Waals surface area contributed by atoms with Crippen molar-refractivity contribution < 1.29 is 15.0 Å². The van der Waals surface area contributed by atoms with E-state index in [4.69, 9.17) is 0 Å². The molecule has 10 atom stereocenters. The van der Waals surface area contributed by atoms with Gasteiger partial charge in [-0.3, -0.25) is 4.79 Å². The second kappa shape index (κ2) is 6.87. The number of ketones is 1. The Kier molecular flexibility index (Phi) is 5.06. The van der Waals surface area contributed by atoms with Crippen LogP contribution in [-0.4, -0.2) is 28.2 Å². The fourth-order valence-corrected chi connectivity index (χ4v) is 11.1. The first-order chi connectivity index (χ1) is 15.0. The van der Waals surface area contributed by atoms with Crippen molar-refractivity contribution in [2.45, 2.75) is 125 Å². The summed E-state index contributed by atoms with van der Waals surface area (Å²) >= 11 is 0. The average molecular weight is 459 g/mol. The first-order valence-electron chi connectivity index (χ1n) is 13.9. The minimum absolute atomic E-state index is 0.00149. The van der Waals surface area contributed by atoms with Crippen molar-refractivity contribution in [1.82, 2.24) is 0 Å². The molecule has 0 saturated heterocycles. The Labute approximate surface area is 202 Å². The summed E-state index contributed by atoms with van der Waals surface area (Å²) < 4.78 is 0. The number of carbonyl (C=O) groups is 1. The Morgan fingerprint density at radius 2 is 1.36 bits per heavy atom. The molecular weight excluding hydrogens is 408 g/mol. The highest BCUT2D eigenvalue weighted by atomic mass is 16.3. The zero-order chi connectivity index (χ0) is 24.4. The van der Waals surface area contributed by atoms with Gasteiger partial charge in [0.1, 0.15) is 5.78 Å². The smallest absolute Gasteiger partial charge is 0.137 e. The van der Waals surface area contributed by atoms with E-state index in [2.05, 4.69) is 55.4 Å². The largest absolute Gasteiger partial charge is 0.393 e. The molecule has 5 rings (SSSR count). The van der Waals surface area contributed by atoms with Crippen LogP contribution < -0.4 is 0 Å². The van der Waals surface area contributed by atoms with Crippen LogP contribution in [0.25, 0.3) is 0 Å². The molecule has 0 radical (unpaired) electrons. The van der Waals surface area contributed by atoms with Crippen molar-refractivity contribution >= 4 is 5.78 Å². The molecule has 0 bridgehead atoms. The van der Waals surface area contributed by atoms with Crippen molar-refractivity contribution in [2.24, 2.45) is 56.2 Å². The zero-order valence-electron chi connectivity index (χ0n) is 22.6. The zero-order valence-corrected chi connectivity index (χ0v) is 22.6. The minimum Gasteiger partial charge on any atom is -0.393 e. The molecule has 0 aliphatic heterocycles. The molecular formula is C30H50O3. The van der Waals surface area contributed by atoms with E-state index in [1.165, 1.54) is 12.8 Å². The van der Waals surface area contributed by atoms with E-state index in [0.717, 1.165) is 38.5 Å². The van der Waals surface area contributed by atoms with E-state index >= 15 is 0 Å². The molecule has 0 heterocycles. The van der Waals surface area contributed by atoms with Crippen molar-refractivity contribution in [3.05, 3.63) is 0 Å². The fraction of sp³-hybridized carbons (Fsp3) is 0.967. The number of aliphatic hydroxyl groups is 2. The highest BCUT2D eigenvalue weighted by molar-refractivity contribution is 5.84. The van der Waals surface area contributed by atoms with E-state index in [9.17, 15) is 15.0 Å².